The van der Waals surface area contributed by atoms with E-state index in [9.17, 15) is 9.59 Å². The summed E-state index contributed by atoms with van der Waals surface area (Å²) < 4.78 is 5.35. The number of carbonyl (C=O) groups is 2. The van der Waals surface area contributed by atoms with Gasteiger partial charge in [-0.3, -0.25) is 9.59 Å². The first-order valence-electron chi connectivity index (χ1n) is 11.0. The van der Waals surface area contributed by atoms with Crippen molar-refractivity contribution in [3.63, 3.8) is 0 Å². The number of hydrogen-bond acceptors (Lipinski definition) is 6. The van der Waals surface area contributed by atoms with Gasteiger partial charge in [-0.1, -0.05) is 36.7 Å². The molecule has 0 bridgehead atoms. The quantitative estimate of drug-likeness (QED) is 0.529. The van der Waals surface area contributed by atoms with E-state index in [1.807, 2.05) is 36.4 Å². The summed E-state index contributed by atoms with van der Waals surface area (Å²) in [5.41, 5.74) is 1.56. The van der Waals surface area contributed by atoms with Gasteiger partial charge >= 0.3 is 0 Å². The van der Waals surface area contributed by atoms with E-state index in [0.29, 0.717) is 49.9 Å². The summed E-state index contributed by atoms with van der Waals surface area (Å²) >= 11 is 6.25. The molecule has 0 atom stereocenters. The van der Waals surface area contributed by atoms with E-state index in [4.69, 9.17) is 16.0 Å². The molecule has 1 aliphatic rings. The zero-order valence-corrected chi connectivity index (χ0v) is 19.2. The molecule has 1 aliphatic heterocycles. The van der Waals surface area contributed by atoms with Gasteiger partial charge in [-0.25, -0.2) is 0 Å². The maximum Gasteiger partial charge on any atom is 0.242 e. The Bertz CT molecular complexity index is 1080. The maximum absolute atomic E-state index is 12.9. The van der Waals surface area contributed by atoms with Crippen LogP contribution >= 0.6 is 11.6 Å². The van der Waals surface area contributed by atoms with Crippen LogP contribution in [-0.2, 0) is 16.1 Å². The number of nitrogens with zero attached hydrogens (tertiary/aromatic N) is 5. The summed E-state index contributed by atoms with van der Waals surface area (Å²) in [4.78, 5) is 30.6. The van der Waals surface area contributed by atoms with Gasteiger partial charge in [-0.05, 0) is 30.3 Å². The Hall–Kier alpha value is -3.39. The molecule has 3 aromatic rings. The number of furan rings is 1. The van der Waals surface area contributed by atoms with Crippen molar-refractivity contribution >= 4 is 29.2 Å². The van der Waals surface area contributed by atoms with Crippen LogP contribution in [0.1, 0.15) is 19.1 Å². The van der Waals surface area contributed by atoms with E-state index in [1.165, 1.54) is 0 Å². The molecule has 4 rings (SSSR count). The maximum atomic E-state index is 12.9. The number of amides is 2. The first-order chi connectivity index (χ1) is 16.0. The van der Waals surface area contributed by atoms with Crippen molar-refractivity contribution in [2.24, 2.45) is 0 Å². The molecule has 33 heavy (non-hydrogen) atoms. The predicted octanol–water partition coefficient (Wildman–Crippen LogP) is 3.48. The summed E-state index contributed by atoms with van der Waals surface area (Å²) in [6, 6.07) is 14.9. The van der Waals surface area contributed by atoms with Crippen molar-refractivity contribution in [2.75, 3.05) is 37.6 Å². The second kappa shape index (κ2) is 10.5. The van der Waals surface area contributed by atoms with Gasteiger partial charge in [-0.15, -0.1) is 10.2 Å². The minimum atomic E-state index is -0.0766. The monoisotopic (exact) mass is 467 g/mol. The normalized spacial score (nSPS) is 13.8. The summed E-state index contributed by atoms with van der Waals surface area (Å²) in [5.74, 6) is 1.28. The molecule has 1 saturated heterocycles. The number of carbonyl (C=O) groups excluding carboxylic acids is 2. The van der Waals surface area contributed by atoms with Gasteiger partial charge < -0.3 is 19.1 Å². The van der Waals surface area contributed by atoms with Crippen LogP contribution in [0.5, 0.6) is 0 Å². The number of benzene rings is 1. The van der Waals surface area contributed by atoms with Crippen LogP contribution in [0, 0.1) is 0 Å². The summed E-state index contributed by atoms with van der Waals surface area (Å²) in [6.07, 6.45) is 1.90. The van der Waals surface area contributed by atoms with Gasteiger partial charge in [-0.2, -0.15) is 0 Å². The highest BCUT2D eigenvalue weighted by Gasteiger charge is 2.25. The lowest BCUT2D eigenvalue weighted by Crippen LogP contribution is -2.52. The van der Waals surface area contributed by atoms with E-state index in [-0.39, 0.29) is 18.4 Å². The standard InChI is InChI=1S/C24H26ClN5O3/c1-2-23(31)30(16-18-6-5-15-33-18)17-24(32)29-13-11-28(12-14-29)22-10-9-21(26-27-22)19-7-3-4-8-20(19)25/h3-10,15H,2,11-14,16-17H2,1H3. The van der Waals surface area contributed by atoms with Crippen molar-refractivity contribution < 1.29 is 14.0 Å². The van der Waals surface area contributed by atoms with Gasteiger partial charge in [0.25, 0.3) is 0 Å². The first kappa shape index (κ1) is 22.8. The largest absolute Gasteiger partial charge is 0.467 e. The molecular weight excluding hydrogens is 442 g/mol. The fourth-order valence-corrected chi connectivity index (χ4v) is 4.03. The number of halogens is 1. The van der Waals surface area contributed by atoms with Crippen molar-refractivity contribution in [1.82, 2.24) is 20.0 Å². The Morgan fingerprint density at radius 2 is 1.82 bits per heavy atom. The smallest absolute Gasteiger partial charge is 0.242 e. The fraction of sp³-hybridized carbons (Fsp3) is 0.333. The topological polar surface area (TPSA) is 82.8 Å². The minimum absolute atomic E-state index is 0.0414. The summed E-state index contributed by atoms with van der Waals surface area (Å²) in [7, 11) is 0. The molecule has 0 radical (unpaired) electrons. The van der Waals surface area contributed by atoms with Crippen molar-refractivity contribution in [3.8, 4) is 11.3 Å². The summed E-state index contributed by atoms with van der Waals surface area (Å²) in [6.45, 7) is 4.53. The molecular formula is C24H26ClN5O3. The average Bonchev–Trinajstić information content (AvgIpc) is 3.37. The van der Waals surface area contributed by atoms with E-state index < -0.39 is 0 Å². The highest BCUT2D eigenvalue weighted by molar-refractivity contribution is 6.33. The Balaban J connectivity index is 1.33. The lowest BCUT2D eigenvalue weighted by molar-refractivity contribution is -0.141. The molecule has 2 aromatic heterocycles. The molecule has 0 N–H and O–H groups in total. The molecule has 1 aromatic carbocycles. The molecule has 2 amide bonds. The fourth-order valence-electron chi connectivity index (χ4n) is 3.80. The van der Waals surface area contributed by atoms with E-state index in [1.54, 1.807) is 35.1 Å². The van der Waals surface area contributed by atoms with Gasteiger partial charge in [0.05, 0.1) is 23.5 Å². The Kier molecular flexibility index (Phi) is 7.24. The number of piperazine rings is 1. The van der Waals surface area contributed by atoms with Crippen molar-refractivity contribution in [1.29, 1.82) is 0 Å². The summed E-state index contributed by atoms with van der Waals surface area (Å²) in [5, 5.41) is 9.33. The first-order valence-corrected chi connectivity index (χ1v) is 11.3. The average molecular weight is 468 g/mol. The Morgan fingerprint density at radius 3 is 2.45 bits per heavy atom. The van der Waals surface area contributed by atoms with E-state index in [2.05, 4.69) is 15.1 Å². The third-order valence-electron chi connectivity index (χ3n) is 5.66. The molecule has 9 heteroatoms. The van der Waals surface area contributed by atoms with Gasteiger partial charge in [0.1, 0.15) is 12.3 Å². The van der Waals surface area contributed by atoms with E-state index in [0.717, 1.165) is 17.1 Å². The van der Waals surface area contributed by atoms with Crippen LogP contribution in [0.2, 0.25) is 5.02 Å². The van der Waals surface area contributed by atoms with Gasteiger partial charge in [0.15, 0.2) is 5.82 Å². The third kappa shape index (κ3) is 5.51. The van der Waals surface area contributed by atoms with E-state index >= 15 is 0 Å². The van der Waals surface area contributed by atoms with Crippen LogP contribution in [0.15, 0.2) is 59.2 Å². The predicted molar refractivity (Wildman–Crippen MR) is 126 cm³/mol. The molecule has 3 heterocycles. The van der Waals surface area contributed by atoms with Crippen molar-refractivity contribution in [3.05, 3.63) is 65.6 Å². The molecule has 1 fully saturated rings. The van der Waals surface area contributed by atoms with Crippen LogP contribution < -0.4 is 4.90 Å². The van der Waals surface area contributed by atoms with Crippen LogP contribution in [0.4, 0.5) is 5.82 Å². The van der Waals surface area contributed by atoms with Crippen LogP contribution in [0.25, 0.3) is 11.3 Å². The molecule has 0 unspecified atom stereocenters. The second-order valence-corrected chi connectivity index (χ2v) is 8.21. The zero-order valence-electron chi connectivity index (χ0n) is 18.5. The molecule has 0 saturated carbocycles. The lowest BCUT2D eigenvalue weighted by Gasteiger charge is -2.36. The third-order valence-corrected chi connectivity index (χ3v) is 5.99. The van der Waals surface area contributed by atoms with Crippen molar-refractivity contribution in [2.45, 2.75) is 19.9 Å². The molecule has 172 valence electrons. The number of hydrogen-bond donors (Lipinski definition) is 0. The molecule has 0 aliphatic carbocycles. The SMILES string of the molecule is CCC(=O)N(CC(=O)N1CCN(c2ccc(-c3ccccc3Cl)nn2)CC1)Cc1ccco1. The number of aromatic nitrogens is 2. The highest BCUT2D eigenvalue weighted by atomic mass is 35.5. The number of rotatable bonds is 7. The second-order valence-electron chi connectivity index (χ2n) is 7.81. The Labute approximate surface area is 197 Å². The zero-order chi connectivity index (χ0) is 23.2. The van der Waals surface area contributed by atoms with Gasteiger partial charge in [0, 0.05) is 38.2 Å². The Morgan fingerprint density at radius 1 is 1.03 bits per heavy atom. The minimum Gasteiger partial charge on any atom is -0.467 e. The lowest BCUT2D eigenvalue weighted by atomic mass is 10.1. The van der Waals surface area contributed by atoms with Crippen LogP contribution in [0.3, 0.4) is 0 Å². The molecule has 0 spiro atoms. The van der Waals surface area contributed by atoms with Crippen LogP contribution in [-0.4, -0.2) is 64.5 Å². The van der Waals surface area contributed by atoms with Gasteiger partial charge in [0.2, 0.25) is 11.8 Å². The molecule has 8 nitrogen and oxygen atoms in total. The number of anilines is 1. The highest BCUT2D eigenvalue weighted by Crippen LogP contribution is 2.26.